The van der Waals surface area contributed by atoms with Gasteiger partial charge >= 0.3 is 5.97 Å². The first kappa shape index (κ1) is 26.3. The number of allylic oxidation sites excluding steroid dienone is 2. The van der Waals surface area contributed by atoms with Crippen molar-refractivity contribution in [3.05, 3.63) is 47.7 Å². The Morgan fingerprint density at radius 2 is 1.77 bits per heavy atom. The summed E-state index contributed by atoms with van der Waals surface area (Å²) < 4.78 is 4.65. The standard InChI is InChI=1S/C10H10N2O2S2.C4H10.2C3H6/c1-11-10-12-6(5-15-10)7-3-4-8(16-7)9(13)14-2;1-3-4-2;2*1-3-2/h3-5H,1-2H3,(H,11,12);3-4H2,1-2H3;2*3H,1H2,2H3. The summed E-state index contributed by atoms with van der Waals surface area (Å²) in [6.45, 7) is 14.9. The minimum absolute atomic E-state index is 0.305. The van der Waals surface area contributed by atoms with Crippen LogP contribution in [0, 0.1) is 0 Å². The number of methoxy groups -OCH3 is 1. The number of carbonyl (C=O) groups excluding carboxylic acids is 1. The maximum absolute atomic E-state index is 11.3. The fourth-order valence-corrected chi connectivity index (χ4v) is 2.82. The number of hydrogen-bond donors (Lipinski definition) is 1. The Morgan fingerprint density at radius 1 is 1.23 bits per heavy atom. The van der Waals surface area contributed by atoms with Crippen molar-refractivity contribution in [3.8, 4) is 10.6 Å². The van der Waals surface area contributed by atoms with E-state index in [9.17, 15) is 4.79 Å². The minimum atomic E-state index is -0.305. The van der Waals surface area contributed by atoms with Gasteiger partial charge in [-0.2, -0.15) is 0 Å². The second kappa shape index (κ2) is 17.9. The van der Waals surface area contributed by atoms with Gasteiger partial charge < -0.3 is 10.1 Å². The summed E-state index contributed by atoms with van der Waals surface area (Å²) in [4.78, 5) is 17.2. The third-order valence-corrected chi connectivity index (χ3v) is 4.41. The Balaban J connectivity index is 0. The molecule has 2 rings (SSSR count). The van der Waals surface area contributed by atoms with Gasteiger partial charge in [0.2, 0.25) is 0 Å². The molecule has 6 heteroatoms. The molecule has 146 valence electrons. The maximum Gasteiger partial charge on any atom is 0.348 e. The number of unbranched alkanes of at least 4 members (excludes halogenated alkanes) is 1. The van der Waals surface area contributed by atoms with Gasteiger partial charge in [-0.1, -0.05) is 38.8 Å². The van der Waals surface area contributed by atoms with Crippen LogP contribution in [-0.2, 0) is 4.74 Å². The predicted molar refractivity (Wildman–Crippen MR) is 119 cm³/mol. The van der Waals surface area contributed by atoms with Crippen molar-refractivity contribution in [3.63, 3.8) is 0 Å². The van der Waals surface area contributed by atoms with Crippen molar-refractivity contribution in [2.45, 2.75) is 40.5 Å². The third kappa shape index (κ3) is 11.6. The van der Waals surface area contributed by atoms with Gasteiger partial charge in [0.05, 0.1) is 17.7 Å². The number of rotatable bonds is 4. The van der Waals surface area contributed by atoms with Gasteiger partial charge in [-0.15, -0.1) is 35.8 Å². The Morgan fingerprint density at radius 3 is 2.15 bits per heavy atom. The van der Waals surface area contributed by atoms with E-state index in [1.807, 2.05) is 32.3 Å². The van der Waals surface area contributed by atoms with Crippen LogP contribution in [0.4, 0.5) is 5.13 Å². The van der Waals surface area contributed by atoms with Crippen LogP contribution in [0.15, 0.2) is 42.8 Å². The molecule has 0 amide bonds. The van der Waals surface area contributed by atoms with E-state index in [-0.39, 0.29) is 5.97 Å². The van der Waals surface area contributed by atoms with Crippen LogP contribution < -0.4 is 5.32 Å². The van der Waals surface area contributed by atoms with E-state index >= 15 is 0 Å². The highest BCUT2D eigenvalue weighted by Crippen LogP contribution is 2.30. The summed E-state index contributed by atoms with van der Waals surface area (Å²) in [5, 5.41) is 5.80. The fraction of sp³-hybridized carbons (Fsp3) is 0.400. The SMILES string of the molecule is C=CC.C=CC.CCCC.CNc1nc(-c2ccc(C(=O)OC)s2)cs1. The zero-order chi connectivity index (χ0) is 20.4. The number of esters is 1. The lowest BCUT2D eigenvalue weighted by atomic mass is 10.4. The topological polar surface area (TPSA) is 51.2 Å². The second-order valence-corrected chi connectivity index (χ2v) is 6.70. The molecule has 0 saturated heterocycles. The Kier molecular flexibility index (Phi) is 18.1. The molecule has 2 aromatic rings. The van der Waals surface area contributed by atoms with Crippen molar-refractivity contribution in [1.82, 2.24) is 4.98 Å². The first-order chi connectivity index (χ1) is 12.5. The smallest absolute Gasteiger partial charge is 0.348 e. The van der Waals surface area contributed by atoms with E-state index in [0.29, 0.717) is 4.88 Å². The second-order valence-electron chi connectivity index (χ2n) is 4.76. The molecule has 0 fully saturated rings. The molecule has 0 saturated carbocycles. The number of nitrogens with one attached hydrogen (secondary N) is 1. The Hall–Kier alpha value is -1.92. The molecule has 0 bridgehead atoms. The van der Waals surface area contributed by atoms with Crippen molar-refractivity contribution >= 4 is 33.8 Å². The van der Waals surface area contributed by atoms with Gasteiger partial charge in [-0.3, -0.25) is 0 Å². The zero-order valence-electron chi connectivity index (χ0n) is 16.8. The molecule has 0 aromatic carbocycles. The van der Waals surface area contributed by atoms with E-state index in [1.165, 1.54) is 42.6 Å². The lowest BCUT2D eigenvalue weighted by Crippen LogP contribution is -1.96. The summed E-state index contributed by atoms with van der Waals surface area (Å²) in [6, 6.07) is 3.63. The van der Waals surface area contributed by atoms with E-state index < -0.39 is 0 Å². The Bertz CT molecular complexity index is 611. The van der Waals surface area contributed by atoms with Crippen molar-refractivity contribution in [2.75, 3.05) is 19.5 Å². The summed E-state index contributed by atoms with van der Waals surface area (Å²) >= 11 is 2.92. The molecule has 0 aliphatic rings. The van der Waals surface area contributed by atoms with E-state index in [0.717, 1.165) is 15.7 Å². The average molecular weight is 397 g/mol. The molecular formula is C20H32N2O2S2. The number of hydrogen-bond acceptors (Lipinski definition) is 6. The van der Waals surface area contributed by atoms with Gasteiger partial charge in [0, 0.05) is 12.4 Å². The van der Waals surface area contributed by atoms with Crippen LogP contribution in [0.1, 0.15) is 50.2 Å². The van der Waals surface area contributed by atoms with Crippen LogP contribution in [0.3, 0.4) is 0 Å². The molecule has 0 aliphatic heterocycles. The molecule has 2 heterocycles. The van der Waals surface area contributed by atoms with Gasteiger partial charge in [0.25, 0.3) is 0 Å². The monoisotopic (exact) mass is 396 g/mol. The van der Waals surface area contributed by atoms with Gasteiger partial charge in [0.15, 0.2) is 5.13 Å². The first-order valence-electron chi connectivity index (χ1n) is 8.45. The average Bonchev–Trinajstić information content (AvgIpc) is 3.31. The summed E-state index contributed by atoms with van der Waals surface area (Å²) in [5.41, 5.74) is 0.884. The van der Waals surface area contributed by atoms with Crippen molar-refractivity contribution < 1.29 is 9.53 Å². The molecule has 0 radical (unpaired) electrons. The quantitative estimate of drug-likeness (QED) is 0.451. The number of anilines is 1. The molecule has 2 aromatic heterocycles. The molecule has 0 atom stereocenters. The summed E-state index contributed by atoms with van der Waals surface area (Å²) in [7, 11) is 3.21. The molecule has 0 spiro atoms. The third-order valence-electron chi connectivity index (χ3n) is 2.46. The Labute approximate surface area is 166 Å². The predicted octanol–water partition coefficient (Wildman–Crippen LogP) is 6.89. The first-order valence-corrected chi connectivity index (χ1v) is 10.1. The zero-order valence-corrected chi connectivity index (χ0v) is 18.4. The minimum Gasteiger partial charge on any atom is -0.465 e. The number of nitrogens with zero attached hydrogens (tertiary/aromatic N) is 1. The highest BCUT2D eigenvalue weighted by Gasteiger charge is 2.11. The van der Waals surface area contributed by atoms with E-state index in [1.54, 1.807) is 18.2 Å². The molecule has 4 nitrogen and oxygen atoms in total. The number of thiazole rings is 1. The molecule has 26 heavy (non-hydrogen) atoms. The lowest BCUT2D eigenvalue weighted by Gasteiger charge is -1.92. The van der Waals surface area contributed by atoms with Crippen LogP contribution in [0.25, 0.3) is 10.6 Å². The normalized spacial score (nSPS) is 8.38. The highest BCUT2D eigenvalue weighted by molar-refractivity contribution is 7.18. The summed E-state index contributed by atoms with van der Waals surface area (Å²) in [5.74, 6) is -0.305. The fourth-order valence-electron chi connectivity index (χ4n) is 1.19. The van der Waals surface area contributed by atoms with E-state index in [2.05, 4.69) is 42.0 Å². The lowest BCUT2D eigenvalue weighted by molar-refractivity contribution is 0.0606. The molecule has 0 aliphatic carbocycles. The number of ether oxygens (including phenoxy) is 1. The maximum atomic E-state index is 11.3. The van der Waals surface area contributed by atoms with E-state index in [4.69, 9.17) is 0 Å². The number of thiophene rings is 1. The highest BCUT2D eigenvalue weighted by atomic mass is 32.1. The van der Waals surface area contributed by atoms with Gasteiger partial charge in [-0.25, -0.2) is 9.78 Å². The largest absolute Gasteiger partial charge is 0.465 e. The van der Waals surface area contributed by atoms with Crippen LogP contribution in [0.2, 0.25) is 0 Å². The van der Waals surface area contributed by atoms with Gasteiger partial charge in [0.1, 0.15) is 4.88 Å². The molecule has 0 unspecified atom stereocenters. The van der Waals surface area contributed by atoms with Crippen LogP contribution in [0.5, 0.6) is 0 Å². The van der Waals surface area contributed by atoms with Crippen LogP contribution >= 0.6 is 22.7 Å². The van der Waals surface area contributed by atoms with Gasteiger partial charge in [-0.05, 0) is 26.0 Å². The van der Waals surface area contributed by atoms with Crippen molar-refractivity contribution in [1.29, 1.82) is 0 Å². The summed E-state index contributed by atoms with van der Waals surface area (Å²) in [6.07, 6.45) is 6.14. The van der Waals surface area contributed by atoms with Crippen molar-refractivity contribution in [2.24, 2.45) is 0 Å². The molecular weight excluding hydrogens is 364 g/mol. The number of aromatic nitrogens is 1. The van der Waals surface area contributed by atoms with Crippen LogP contribution in [-0.4, -0.2) is 25.1 Å². The molecule has 1 N–H and O–H groups in total. The number of carbonyl (C=O) groups is 1.